The number of methoxy groups -OCH3 is 2. The fourth-order valence-electron chi connectivity index (χ4n) is 3.22. The van der Waals surface area contributed by atoms with Gasteiger partial charge in [0.25, 0.3) is 0 Å². The summed E-state index contributed by atoms with van der Waals surface area (Å²) in [7, 11) is 3.13. The number of rotatable bonds is 9. The molecule has 2 aromatic heterocycles. The minimum atomic E-state index is 0.394. The lowest BCUT2D eigenvalue weighted by atomic mass is 10.2. The van der Waals surface area contributed by atoms with Gasteiger partial charge in [-0.15, -0.1) is 0 Å². The molecule has 0 fully saturated rings. The smallest absolute Gasteiger partial charge is 0.143 e. The Labute approximate surface area is 191 Å². The van der Waals surface area contributed by atoms with Gasteiger partial charge in [-0.25, -0.2) is 4.98 Å². The Morgan fingerprint density at radius 3 is 2.20 bits per heavy atom. The highest BCUT2D eigenvalue weighted by molar-refractivity contribution is 7.08. The van der Waals surface area contributed by atoms with Crippen molar-refractivity contribution in [1.29, 1.82) is 0 Å². The van der Waals surface area contributed by atoms with Crippen LogP contribution >= 0.6 is 34.5 Å². The monoisotopic (exact) mass is 465 g/mol. The summed E-state index contributed by atoms with van der Waals surface area (Å²) < 4.78 is 10.9. The van der Waals surface area contributed by atoms with Gasteiger partial charge in [-0.2, -0.15) is 11.3 Å². The molecule has 0 aliphatic rings. The van der Waals surface area contributed by atoms with E-state index in [1.54, 1.807) is 31.6 Å². The third-order valence-electron chi connectivity index (χ3n) is 4.88. The maximum Gasteiger partial charge on any atom is 0.143 e. The zero-order valence-electron chi connectivity index (χ0n) is 17.5. The van der Waals surface area contributed by atoms with Crippen LogP contribution in [0, 0.1) is 0 Å². The Kier molecular flexibility index (Phi) is 7.83. The number of halogens is 2. The van der Waals surface area contributed by atoms with E-state index in [4.69, 9.17) is 32.7 Å². The van der Waals surface area contributed by atoms with Gasteiger partial charge in [-0.05, 0) is 42.2 Å². The molecular formula is C22H25Cl2N3O2S. The molecule has 0 aliphatic carbocycles. The molecule has 8 heteroatoms. The number of anilines is 3. The fraction of sp³-hybridized carbons (Fsp3) is 0.318. The van der Waals surface area contributed by atoms with E-state index in [1.807, 2.05) is 34.0 Å². The van der Waals surface area contributed by atoms with Gasteiger partial charge in [0, 0.05) is 24.2 Å². The average molecular weight is 466 g/mol. The number of aromatic nitrogens is 1. The summed E-state index contributed by atoms with van der Waals surface area (Å²) >= 11 is 15.1. The molecule has 3 aromatic rings. The molecule has 0 bridgehead atoms. The third-order valence-corrected chi connectivity index (χ3v) is 6.28. The molecule has 0 N–H and O–H groups in total. The SMILES string of the molecule is CCN(CC)Cc1ccnc(N(c2ccsc2)c2c(Cl)c(OC)cc(OC)c2Cl)c1. The van der Waals surface area contributed by atoms with Crippen molar-refractivity contribution in [1.82, 2.24) is 9.88 Å². The molecule has 2 heterocycles. The molecule has 0 spiro atoms. The van der Waals surface area contributed by atoms with Crippen molar-refractivity contribution in [3.63, 3.8) is 0 Å². The average Bonchev–Trinajstić information content (AvgIpc) is 3.29. The Balaban J connectivity index is 2.18. The van der Waals surface area contributed by atoms with Crippen molar-refractivity contribution in [2.45, 2.75) is 20.4 Å². The normalized spacial score (nSPS) is 11.0. The molecule has 1 aromatic carbocycles. The van der Waals surface area contributed by atoms with E-state index >= 15 is 0 Å². The molecule has 160 valence electrons. The third kappa shape index (κ3) is 4.67. The first kappa shape index (κ1) is 22.7. The van der Waals surface area contributed by atoms with Crippen molar-refractivity contribution < 1.29 is 9.47 Å². The van der Waals surface area contributed by atoms with E-state index in [0.29, 0.717) is 27.2 Å². The molecule has 0 amide bonds. The summed E-state index contributed by atoms with van der Waals surface area (Å²) in [6.07, 6.45) is 1.81. The first-order valence-electron chi connectivity index (χ1n) is 9.63. The highest BCUT2D eigenvalue weighted by Crippen LogP contribution is 2.50. The largest absolute Gasteiger partial charge is 0.495 e. The zero-order chi connectivity index (χ0) is 21.7. The standard InChI is InChI=1S/C22H25Cl2N3O2S/c1-5-26(6-2)13-15-7-9-25-19(11-15)27(16-8-10-30-14-16)22-20(23)17(28-3)12-18(29-4)21(22)24/h7-12,14H,5-6,13H2,1-4H3. The molecule has 0 saturated heterocycles. The first-order valence-corrected chi connectivity index (χ1v) is 11.3. The number of thiophene rings is 1. The molecule has 0 atom stereocenters. The van der Waals surface area contributed by atoms with Crippen LogP contribution in [0.5, 0.6) is 11.5 Å². The highest BCUT2D eigenvalue weighted by Gasteiger charge is 2.26. The molecule has 3 rings (SSSR count). The molecule has 0 radical (unpaired) electrons. The molecular weight excluding hydrogens is 441 g/mol. The van der Waals surface area contributed by atoms with Gasteiger partial charge in [0.15, 0.2) is 0 Å². The Morgan fingerprint density at radius 1 is 1.00 bits per heavy atom. The maximum atomic E-state index is 6.73. The minimum absolute atomic E-state index is 0.394. The molecule has 30 heavy (non-hydrogen) atoms. The summed E-state index contributed by atoms with van der Waals surface area (Å²) in [6.45, 7) is 7.11. The van der Waals surface area contributed by atoms with Crippen LogP contribution in [0.4, 0.5) is 17.2 Å². The summed E-state index contributed by atoms with van der Waals surface area (Å²) in [4.78, 5) is 8.93. The quantitative estimate of drug-likeness (QED) is 0.348. The van der Waals surface area contributed by atoms with Gasteiger partial charge in [-0.3, -0.25) is 9.80 Å². The van der Waals surface area contributed by atoms with Gasteiger partial charge in [0.05, 0.1) is 25.6 Å². The van der Waals surface area contributed by atoms with Gasteiger partial charge in [0.1, 0.15) is 27.4 Å². The number of benzene rings is 1. The molecule has 0 aliphatic heterocycles. The number of hydrogen-bond donors (Lipinski definition) is 0. The lowest BCUT2D eigenvalue weighted by Crippen LogP contribution is -2.22. The van der Waals surface area contributed by atoms with Crippen LogP contribution in [-0.4, -0.2) is 37.2 Å². The number of pyridine rings is 1. The van der Waals surface area contributed by atoms with E-state index in [0.717, 1.165) is 36.7 Å². The van der Waals surface area contributed by atoms with E-state index in [1.165, 1.54) is 0 Å². The van der Waals surface area contributed by atoms with Gasteiger partial charge >= 0.3 is 0 Å². The lowest BCUT2D eigenvalue weighted by molar-refractivity contribution is 0.296. The molecule has 5 nitrogen and oxygen atoms in total. The summed E-state index contributed by atoms with van der Waals surface area (Å²) in [5.74, 6) is 1.68. The van der Waals surface area contributed by atoms with Crippen LogP contribution in [0.25, 0.3) is 0 Å². The molecule has 0 unspecified atom stereocenters. The maximum absolute atomic E-state index is 6.73. The second kappa shape index (κ2) is 10.4. The van der Waals surface area contributed by atoms with Gasteiger partial charge < -0.3 is 9.47 Å². The van der Waals surface area contributed by atoms with Crippen LogP contribution in [0.15, 0.2) is 41.2 Å². The Hall–Kier alpha value is -1.99. The van der Waals surface area contributed by atoms with Crippen molar-refractivity contribution >= 4 is 51.7 Å². The summed E-state index contributed by atoms with van der Waals surface area (Å²) in [5, 5.41) is 4.81. The van der Waals surface area contributed by atoms with Crippen molar-refractivity contribution in [2.24, 2.45) is 0 Å². The van der Waals surface area contributed by atoms with Crippen LogP contribution in [0.2, 0.25) is 10.0 Å². The Bertz CT molecular complexity index is 951. The van der Waals surface area contributed by atoms with Crippen LogP contribution < -0.4 is 14.4 Å². The van der Waals surface area contributed by atoms with Gasteiger partial charge in [-0.1, -0.05) is 37.0 Å². The zero-order valence-corrected chi connectivity index (χ0v) is 19.8. The van der Waals surface area contributed by atoms with Crippen molar-refractivity contribution in [3.05, 3.63) is 56.8 Å². The molecule has 0 saturated carbocycles. The predicted molar refractivity (Wildman–Crippen MR) is 127 cm³/mol. The summed E-state index contributed by atoms with van der Waals surface area (Å²) in [6, 6.07) is 7.78. The fourth-order valence-corrected chi connectivity index (χ4v) is 4.51. The second-order valence-electron chi connectivity index (χ2n) is 6.56. The highest BCUT2D eigenvalue weighted by atomic mass is 35.5. The minimum Gasteiger partial charge on any atom is -0.495 e. The Morgan fingerprint density at radius 2 is 1.67 bits per heavy atom. The lowest BCUT2D eigenvalue weighted by Gasteiger charge is -2.27. The van der Waals surface area contributed by atoms with E-state index in [-0.39, 0.29) is 0 Å². The number of nitrogens with zero attached hydrogens (tertiary/aromatic N) is 3. The van der Waals surface area contributed by atoms with Crippen LogP contribution in [0.1, 0.15) is 19.4 Å². The topological polar surface area (TPSA) is 37.8 Å². The van der Waals surface area contributed by atoms with E-state index in [2.05, 4.69) is 29.8 Å². The number of hydrogen-bond acceptors (Lipinski definition) is 6. The van der Waals surface area contributed by atoms with Crippen molar-refractivity contribution in [3.8, 4) is 11.5 Å². The van der Waals surface area contributed by atoms with E-state index < -0.39 is 0 Å². The second-order valence-corrected chi connectivity index (χ2v) is 8.09. The van der Waals surface area contributed by atoms with Crippen LogP contribution in [0.3, 0.4) is 0 Å². The predicted octanol–water partition coefficient (Wildman–Crippen LogP) is 6.78. The van der Waals surface area contributed by atoms with E-state index in [9.17, 15) is 0 Å². The van der Waals surface area contributed by atoms with Crippen LogP contribution in [-0.2, 0) is 6.54 Å². The van der Waals surface area contributed by atoms with Gasteiger partial charge in [0.2, 0.25) is 0 Å². The first-order chi connectivity index (χ1) is 14.5. The van der Waals surface area contributed by atoms with Crippen molar-refractivity contribution in [2.75, 3.05) is 32.2 Å². The number of ether oxygens (including phenoxy) is 2. The summed E-state index contributed by atoms with van der Waals surface area (Å²) in [5.41, 5.74) is 2.64.